The Labute approximate surface area is 60.8 Å². The lowest BCUT2D eigenvalue weighted by molar-refractivity contribution is -0.123. The quantitative estimate of drug-likeness (QED) is 0.571. The summed E-state index contributed by atoms with van der Waals surface area (Å²) in [5.41, 5.74) is 12.5. The summed E-state index contributed by atoms with van der Waals surface area (Å²) in [5, 5.41) is 0. The van der Waals surface area contributed by atoms with E-state index in [1.165, 1.54) is 0 Å². The maximum Gasteiger partial charge on any atom is 0.241 e. The number of carbonyl (C=O) groups is 1. The molecule has 0 spiro atoms. The van der Waals surface area contributed by atoms with Crippen LogP contribution in [-0.2, 0) is 4.79 Å². The number of hydrogen-bond donors (Lipinski definition) is 1. The van der Waals surface area contributed by atoms with Gasteiger partial charge in [-0.3, -0.25) is 10.5 Å². The van der Waals surface area contributed by atoms with E-state index in [4.69, 9.17) is 11.5 Å². The zero-order chi connectivity index (χ0) is 7.56. The van der Waals surface area contributed by atoms with Crippen LogP contribution in [0, 0.1) is 5.92 Å². The molecule has 0 atom stereocenters. The molecule has 0 saturated heterocycles. The fourth-order valence-electron chi connectivity index (χ4n) is 1.38. The molecule has 1 amide bonds. The molecule has 1 aliphatic carbocycles. The zero-order valence-electron chi connectivity index (χ0n) is 5.97. The molecule has 3 heteroatoms. The Morgan fingerprint density at radius 3 is 2.20 bits per heavy atom. The van der Waals surface area contributed by atoms with Gasteiger partial charge >= 0.3 is 0 Å². The highest BCUT2D eigenvalue weighted by atomic mass is 16.1. The van der Waals surface area contributed by atoms with Gasteiger partial charge in [0.15, 0.2) is 0 Å². The van der Waals surface area contributed by atoms with Crippen molar-refractivity contribution in [2.75, 3.05) is 0 Å². The van der Waals surface area contributed by atoms with Crippen LogP contribution >= 0.6 is 0 Å². The second-order valence-electron chi connectivity index (χ2n) is 2.98. The van der Waals surface area contributed by atoms with Crippen molar-refractivity contribution >= 4 is 5.91 Å². The molecule has 0 aromatic rings. The number of carbonyl (C=O) groups excluding carboxylic acids is 1. The molecule has 3 N–H and O–H groups in total. The van der Waals surface area contributed by atoms with E-state index in [0.717, 1.165) is 25.7 Å². The van der Waals surface area contributed by atoms with E-state index in [1.54, 1.807) is 0 Å². The molecule has 1 aliphatic rings. The minimum absolute atomic E-state index is 0.0141. The van der Waals surface area contributed by atoms with E-state index < -0.39 is 5.91 Å². The highest BCUT2D eigenvalue weighted by Gasteiger charge is 2.22. The smallest absolute Gasteiger partial charge is 0.241 e. The summed E-state index contributed by atoms with van der Waals surface area (Å²) in [6.07, 6.45) is 3.47. The summed E-state index contributed by atoms with van der Waals surface area (Å²) >= 11 is 0. The Bertz CT molecular complexity index is 128. The van der Waals surface area contributed by atoms with Gasteiger partial charge in [-0.05, 0) is 25.7 Å². The van der Waals surface area contributed by atoms with Gasteiger partial charge in [0.2, 0.25) is 5.91 Å². The Morgan fingerprint density at radius 1 is 1.30 bits per heavy atom. The van der Waals surface area contributed by atoms with Gasteiger partial charge in [-0.15, -0.1) is 0 Å². The summed E-state index contributed by atoms with van der Waals surface area (Å²) in [7, 11) is 0. The molecule has 1 saturated carbocycles. The summed E-state index contributed by atoms with van der Waals surface area (Å²) in [6, 6.07) is 0.274. The van der Waals surface area contributed by atoms with Crippen molar-refractivity contribution in [3.05, 3.63) is 0 Å². The Morgan fingerprint density at radius 2 is 1.80 bits per heavy atom. The lowest BCUT2D eigenvalue weighted by Crippen LogP contribution is -2.30. The normalized spacial score (nSPS) is 33.7. The molecule has 57 valence electrons. The molecule has 3 nitrogen and oxygen atoms in total. The van der Waals surface area contributed by atoms with Crippen LogP contribution in [0.1, 0.15) is 25.7 Å². The van der Waals surface area contributed by atoms with E-state index in [0.29, 0.717) is 0 Å². The fraction of sp³-hybridized carbons (Fsp3) is 0.857. The number of nitrogens with two attached hydrogens (primary N) is 1. The highest BCUT2D eigenvalue weighted by molar-refractivity contribution is 5.75. The van der Waals surface area contributed by atoms with Crippen molar-refractivity contribution in [1.29, 1.82) is 0 Å². The highest BCUT2D eigenvalue weighted by Crippen LogP contribution is 2.22. The third kappa shape index (κ3) is 1.70. The predicted octanol–water partition coefficient (Wildman–Crippen LogP) is 0.313. The fourth-order valence-corrected chi connectivity index (χ4v) is 1.38. The van der Waals surface area contributed by atoms with Crippen LogP contribution in [0.5, 0.6) is 0 Å². The summed E-state index contributed by atoms with van der Waals surface area (Å²) in [4.78, 5) is 10.5. The van der Waals surface area contributed by atoms with Gasteiger partial charge in [-0.25, -0.2) is 0 Å². The topological polar surface area (TPSA) is 66.9 Å². The minimum Gasteiger partial charge on any atom is -0.328 e. The molecule has 0 heterocycles. The van der Waals surface area contributed by atoms with Crippen LogP contribution < -0.4 is 11.5 Å². The SMILES string of the molecule is [NH]C(=O)[C@H]1CC[C@H](N)CC1. The van der Waals surface area contributed by atoms with E-state index in [9.17, 15) is 4.79 Å². The third-order valence-corrected chi connectivity index (χ3v) is 2.14. The average molecular weight is 141 g/mol. The summed E-state index contributed by atoms with van der Waals surface area (Å²) in [5.74, 6) is -0.424. The van der Waals surface area contributed by atoms with E-state index in [1.807, 2.05) is 0 Å². The second kappa shape index (κ2) is 3.01. The number of amides is 1. The van der Waals surface area contributed by atoms with Crippen molar-refractivity contribution in [2.45, 2.75) is 31.7 Å². The first-order valence-electron chi connectivity index (χ1n) is 3.71. The maximum atomic E-state index is 10.5. The van der Waals surface area contributed by atoms with Crippen molar-refractivity contribution < 1.29 is 4.79 Å². The van der Waals surface area contributed by atoms with Crippen LogP contribution in [0.25, 0.3) is 0 Å². The number of hydrogen-bond acceptors (Lipinski definition) is 2. The standard InChI is InChI=1S/C7H13N2O/c8-6-3-1-5(2-4-6)7(9)10/h5-6,9H,1-4,8H2/t5-,6-. The lowest BCUT2D eigenvalue weighted by Gasteiger charge is -2.22. The van der Waals surface area contributed by atoms with Gasteiger partial charge < -0.3 is 5.73 Å². The van der Waals surface area contributed by atoms with Crippen molar-refractivity contribution in [3.63, 3.8) is 0 Å². The largest absolute Gasteiger partial charge is 0.328 e. The molecule has 1 radical (unpaired) electrons. The van der Waals surface area contributed by atoms with Gasteiger partial charge in [-0.1, -0.05) is 0 Å². The Kier molecular flexibility index (Phi) is 2.27. The Balaban J connectivity index is 2.33. The molecule has 1 rings (SSSR count). The lowest BCUT2D eigenvalue weighted by atomic mass is 9.86. The summed E-state index contributed by atoms with van der Waals surface area (Å²) in [6.45, 7) is 0. The first kappa shape index (κ1) is 7.54. The molecule has 0 aromatic carbocycles. The van der Waals surface area contributed by atoms with Crippen LogP contribution in [0.15, 0.2) is 0 Å². The molecule has 1 fully saturated rings. The number of rotatable bonds is 1. The van der Waals surface area contributed by atoms with Crippen LogP contribution in [0.3, 0.4) is 0 Å². The molecule has 0 aliphatic heterocycles. The van der Waals surface area contributed by atoms with Gasteiger partial charge in [0.1, 0.15) is 0 Å². The number of nitrogens with one attached hydrogen (secondary N) is 1. The molecular weight excluding hydrogens is 128 g/mol. The van der Waals surface area contributed by atoms with Gasteiger partial charge in [0.25, 0.3) is 0 Å². The van der Waals surface area contributed by atoms with Gasteiger partial charge in [0.05, 0.1) is 0 Å². The third-order valence-electron chi connectivity index (χ3n) is 2.14. The maximum absolute atomic E-state index is 10.5. The first-order chi connectivity index (χ1) is 4.70. The second-order valence-corrected chi connectivity index (χ2v) is 2.98. The molecule has 10 heavy (non-hydrogen) atoms. The Hall–Kier alpha value is -0.570. The van der Waals surface area contributed by atoms with Crippen molar-refractivity contribution in [2.24, 2.45) is 11.7 Å². The van der Waals surface area contributed by atoms with Crippen molar-refractivity contribution in [3.8, 4) is 0 Å². The van der Waals surface area contributed by atoms with Gasteiger partial charge in [0, 0.05) is 12.0 Å². The molecule has 0 bridgehead atoms. The minimum atomic E-state index is -0.410. The molecule has 0 aromatic heterocycles. The monoisotopic (exact) mass is 141 g/mol. The molecule has 0 unspecified atom stereocenters. The van der Waals surface area contributed by atoms with Crippen LogP contribution in [0.4, 0.5) is 0 Å². The van der Waals surface area contributed by atoms with Crippen molar-refractivity contribution in [1.82, 2.24) is 5.73 Å². The van der Waals surface area contributed by atoms with E-state index in [-0.39, 0.29) is 12.0 Å². The average Bonchev–Trinajstić information content (AvgIpc) is 1.88. The van der Waals surface area contributed by atoms with E-state index in [2.05, 4.69) is 0 Å². The van der Waals surface area contributed by atoms with Crippen LogP contribution in [0.2, 0.25) is 0 Å². The predicted molar refractivity (Wildman–Crippen MR) is 38.0 cm³/mol. The van der Waals surface area contributed by atoms with E-state index >= 15 is 0 Å². The summed E-state index contributed by atoms with van der Waals surface area (Å²) < 4.78 is 0. The molecular formula is C7H13N2O. The first-order valence-corrected chi connectivity index (χ1v) is 3.71. The van der Waals surface area contributed by atoms with Gasteiger partial charge in [-0.2, -0.15) is 0 Å². The van der Waals surface area contributed by atoms with Crippen LogP contribution in [-0.4, -0.2) is 11.9 Å². The zero-order valence-corrected chi connectivity index (χ0v) is 5.97.